The van der Waals surface area contributed by atoms with Crippen LogP contribution in [0.25, 0.3) is 0 Å². The van der Waals surface area contributed by atoms with Gasteiger partial charge in [-0.25, -0.2) is 0 Å². The van der Waals surface area contributed by atoms with Crippen molar-refractivity contribution in [1.82, 2.24) is 0 Å². The summed E-state index contributed by atoms with van der Waals surface area (Å²) in [5.74, 6) is 4.13. The van der Waals surface area contributed by atoms with Crippen molar-refractivity contribution in [1.29, 1.82) is 0 Å². The average molecular weight is 269 g/mol. The fourth-order valence-corrected chi connectivity index (χ4v) is 3.79. The second-order valence-corrected chi connectivity index (χ2v) is 8.20. The first-order valence-electron chi connectivity index (χ1n) is 8.65. The third kappa shape index (κ3) is 5.88. The third-order valence-electron chi connectivity index (χ3n) is 5.49. The molecule has 0 aromatic heterocycles. The van der Waals surface area contributed by atoms with E-state index in [0.717, 1.165) is 29.6 Å². The zero-order chi connectivity index (χ0) is 15.2. The Bertz CT molecular complexity index is 226. The molecule has 0 aromatic carbocycles. The lowest BCUT2D eigenvalue weighted by Crippen LogP contribution is -2.37. The second-order valence-electron chi connectivity index (χ2n) is 8.20. The SMILES string of the molecule is CCC(C)CCC(C(C)C)C(C)(CC(C)C)C(C)C. The van der Waals surface area contributed by atoms with Crippen LogP contribution in [-0.4, -0.2) is 0 Å². The number of rotatable bonds is 9. The molecule has 0 amide bonds. The Kier molecular flexibility index (Phi) is 8.32. The van der Waals surface area contributed by atoms with E-state index in [2.05, 4.69) is 62.3 Å². The summed E-state index contributed by atoms with van der Waals surface area (Å²) < 4.78 is 0. The Labute approximate surface area is 123 Å². The van der Waals surface area contributed by atoms with Gasteiger partial charge in [0.2, 0.25) is 0 Å². The summed E-state index contributed by atoms with van der Waals surface area (Å²) in [6, 6.07) is 0. The predicted octanol–water partition coefficient (Wildman–Crippen LogP) is 6.79. The summed E-state index contributed by atoms with van der Waals surface area (Å²) in [7, 11) is 0. The molecule has 0 bridgehead atoms. The standard InChI is InChI=1S/C19H40/c1-10-17(8)11-12-18(15(4)5)19(9,16(6)7)13-14(2)3/h14-18H,10-13H2,1-9H3. The Balaban J connectivity index is 4.96. The highest BCUT2D eigenvalue weighted by atomic mass is 14.4. The van der Waals surface area contributed by atoms with Gasteiger partial charge in [0.15, 0.2) is 0 Å². The van der Waals surface area contributed by atoms with Gasteiger partial charge in [-0.05, 0) is 47.8 Å². The Morgan fingerprint density at radius 1 is 0.842 bits per heavy atom. The zero-order valence-corrected chi connectivity index (χ0v) is 15.2. The van der Waals surface area contributed by atoms with E-state index in [1.807, 2.05) is 0 Å². The molecule has 0 fully saturated rings. The monoisotopic (exact) mass is 268 g/mol. The Morgan fingerprint density at radius 2 is 1.37 bits per heavy atom. The molecule has 3 atom stereocenters. The summed E-state index contributed by atoms with van der Waals surface area (Å²) in [5, 5.41) is 0. The van der Waals surface area contributed by atoms with Gasteiger partial charge in [0.05, 0.1) is 0 Å². The fourth-order valence-electron chi connectivity index (χ4n) is 3.79. The first-order valence-corrected chi connectivity index (χ1v) is 8.65. The minimum atomic E-state index is 0.496. The normalized spacial score (nSPS) is 18.9. The molecule has 0 saturated heterocycles. The van der Waals surface area contributed by atoms with Crippen LogP contribution in [0.3, 0.4) is 0 Å². The maximum absolute atomic E-state index is 2.55. The number of hydrogen-bond donors (Lipinski definition) is 0. The molecule has 0 heterocycles. The summed E-state index contributed by atoms with van der Waals surface area (Å²) in [6.07, 6.45) is 5.51. The summed E-state index contributed by atoms with van der Waals surface area (Å²) >= 11 is 0. The molecule has 3 unspecified atom stereocenters. The van der Waals surface area contributed by atoms with Crippen LogP contribution in [0, 0.1) is 35.0 Å². The predicted molar refractivity (Wildman–Crippen MR) is 89.4 cm³/mol. The summed E-state index contributed by atoms with van der Waals surface area (Å²) in [5.41, 5.74) is 0.496. The van der Waals surface area contributed by atoms with E-state index < -0.39 is 0 Å². The summed E-state index contributed by atoms with van der Waals surface area (Å²) in [4.78, 5) is 0. The molecular formula is C19H40. The van der Waals surface area contributed by atoms with Gasteiger partial charge in [0.25, 0.3) is 0 Å². The van der Waals surface area contributed by atoms with Crippen LogP contribution in [-0.2, 0) is 0 Å². The summed E-state index contributed by atoms with van der Waals surface area (Å²) in [6.45, 7) is 21.8. The lowest BCUT2D eigenvalue weighted by atomic mass is 9.60. The van der Waals surface area contributed by atoms with Crippen LogP contribution in [0.1, 0.15) is 88.0 Å². The van der Waals surface area contributed by atoms with Gasteiger partial charge in [-0.3, -0.25) is 0 Å². The Morgan fingerprint density at radius 3 is 1.68 bits per heavy atom. The van der Waals surface area contributed by atoms with Gasteiger partial charge in [0.1, 0.15) is 0 Å². The van der Waals surface area contributed by atoms with Gasteiger partial charge in [0, 0.05) is 0 Å². The van der Waals surface area contributed by atoms with Crippen molar-refractivity contribution in [2.75, 3.05) is 0 Å². The van der Waals surface area contributed by atoms with Crippen LogP contribution in [0.2, 0.25) is 0 Å². The highest BCUT2D eigenvalue weighted by Crippen LogP contribution is 2.47. The highest BCUT2D eigenvalue weighted by Gasteiger charge is 2.38. The van der Waals surface area contributed by atoms with Gasteiger partial charge in [-0.15, -0.1) is 0 Å². The molecule has 0 aliphatic carbocycles. The van der Waals surface area contributed by atoms with Crippen LogP contribution < -0.4 is 0 Å². The lowest BCUT2D eigenvalue weighted by molar-refractivity contribution is 0.0412. The number of hydrogen-bond acceptors (Lipinski definition) is 0. The highest BCUT2D eigenvalue weighted by molar-refractivity contribution is 4.88. The molecule has 116 valence electrons. The van der Waals surface area contributed by atoms with Gasteiger partial charge in [-0.1, -0.05) is 75.2 Å². The van der Waals surface area contributed by atoms with Crippen molar-refractivity contribution in [3.8, 4) is 0 Å². The molecule has 0 rings (SSSR count). The van der Waals surface area contributed by atoms with Gasteiger partial charge in [-0.2, -0.15) is 0 Å². The minimum Gasteiger partial charge on any atom is -0.0651 e. The first kappa shape index (κ1) is 19.0. The van der Waals surface area contributed by atoms with E-state index >= 15 is 0 Å². The molecule has 0 N–H and O–H groups in total. The average Bonchev–Trinajstić information content (AvgIpc) is 2.26. The van der Waals surface area contributed by atoms with Crippen molar-refractivity contribution in [2.45, 2.75) is 88.0 Å². The second kappa shape index (κ2) is 8.32. The molecule has 0 heteroatoms. The van der Waals surface area contributed by atoms with E-state index in [1.54, 1.807) is 0 Å². The van der Waals surface area contributed by atoms with Crippen molar-refractivity contribution >= 4 is 0 Å². The van der Waals surface area contributed by atoms with E-state index in [4.69, 9.17) is 0 Å². The van der Waals surface area contributed by atoms with E-state index in [1.165, 1.54) is 25.7 Å². The topological polar surface area (TPSA) is 0 Å². The fraction of sp³-hybridized carbons (Fsp3) is 1.00. The van der Waals surface area contributed by atoms with E-state index in [-0.39, 0.29) is 0 Å². The Hall–Kier alpha value is 0. The zero-order valence-electron chi connectivity index (χ0n) is 15.2. The minimum absolute atomic E-state index is 0.496. The first-order chi connectivity index (χ1) is 8.65. The van der Waals surface area contributed by atoms with E-state index in [9.17, 15) is 0 Å². The molecule has 0 aliphatic rings. The lowest BCUT2D eigenvalue weighted by Gasteiger charge is -2.45. The molecule has 0 aliphatic heterocycles. The van der Waals surface area contributed by atoms with Gasteiger partial charge < -0.3 is 0 Å². The quantitative estimate of drug-likeness (QED) is 0.431. The van der Waals surface area contributed by atoms with Crippen molar-refractivity contribution < 1.29 is 0 Å². The molecule has 0 nitrogen and oxygen atoms in total. The molecule has 19 heavy (non-hydrogen) atoms. The molecule has 0 spiro atoms. The van der Waals surface area contributed by atoms with E-state index in [0.29, 0.717) is 5.41 Å². The van der Waals surface area contributed by atoms with Crippen molar-refractivity contribution in [3.05, 3.63) is 0 Å². The van der Waals surface area contributed by atoms with Gasteiger partial charge >= 0.3 is 0 Å². The molecular weight excluding hydrogens is 228 g/mol. The maximum Gasteiger partial charge on any atom is -0.0270 e. The molecule has 0 radical (unpaired) electrons. The van der Waals surface area contributed by atoms with Crippen LogP contribution in [0.4, 0.5) is 0 Å². The van der Waals surface area contributed by atoms with Crippen molar-refractivity contribution in [3.63, 3.8) is 0 Å². The van der Waals surface area contributed by atoms with Crippen LogP contribution in [0.15, 0.2) is 0 Å². The van der Waals surface area contributed by atoms with Crippen LogP contribution >= 0.6 is 0 Å². The van der Waals surface area contributed by atoms with Crippen molar-refractivity contribution in [2.24, 2.45) is 35.0 Å². The molecule has 0 saturated carbocycles. The van der Waals surface area contributed by atoms with Crippen LogP contribution in [0.5, 0.6) is 0 Å². The largest absolute Gasteiger partial charge is 0.0651 e. The smallest absolute Gasteiger partial charge is 0.0270 e. The molecule has 0 aromatic rings. The third-order valence-corrected chi connectivity index (χ3v) is 5.49. The maximum atomic E-state index is 2.55.